The first-order valence-electron chi connectivity index (χ1n) is 4.56. The Morgan fingerprint density at radius 3 is 2.14 bits per heavy atom. The zero-order valence-electron chi connectivity index (χ0n) is 8.00. The van der Waals surface area contributed by atoms with E-state index in [0.29, 0.717) is 25.5 Å². The van der Waals surface area contributed by atoms with Crippen LogP contribution < -0.4 is 0 Å². The van der Waals surface area contributed by atoms with Crippen LogP contribution in [0.4, 0.5) is 0 Å². The monoisotopic (exact) mass is 197 g/mol. The molecule has 0 aliphatic heterocycles. The van der Waals surface area contributed by atoms with Crippen molar-refractivity contribution >= 4 is 0 Å². The lowest BCUT2D eigenvalue weighted by Crippen LogP contribution is -2.30. The second kappa shape index (κ2) is 6.42. The minimum atomic E-state index is 0.0762. The molecule has 14 heavy (non-hydrogen) atoms. The summed E-state index contributed by atoms with van der Waals surface area (Å²) >= 11 is 0. The van der Waals surface area contributed by atoms with Crippen molar-refractivity contribution in [3.63, 3.8) is 0 Å². The van der Waals surface area contributed by atoms with Gasteiger partial charge in [0.25, 0.3) is 0 Å². The van der Waals surface area contributed by atoms with Crippen molar-refractivity contribution in [2.45, 2.75) is 6.54 Å². The standard InChI is InChI=1S/C9H15N3O2/c13-6-4-12(5-7-14)8-9-10-2-1-3-11-9/h1-3,13-14H,4-8H2. The van der Waals surface area contributed by atoms with Gasteiger partial charge in [0, 0.05) is 25.5 Å². The minimum absolute atomic E-state index is 0.0762. The molecule has 78 valence electrons. The maximum atomic E-state index is 8.78. The van der Waals surface area contributed by atoms with Crippen molar-refractivity contribution in [3.05, 3.63) is 24.3 Å². The molecule has 0 amide bonds. The van der Waals surface area contributed by atoms with Crippen molar-refractivity contribution in [2.75, 3.05) is 26.3 Å². The quantitative estimate of drug-likeness (QED) is 0.629. The number of hydrogen-bond donors (Lipinski definition) is 2. The molecule has 1 rings (SSSR count). The molecule has 0 unspecified atom stereocenters. The fraction of sp³-hybridized carbons (Fsp3) is 0.556. The third kappa shape index (κ3) is 3.78. The van der Waals surface area contributed by atoms with Crippen LogP contribution in [0, 0.1) is 0 Å². The van der Waals surface area contributed by atoms with Gasteiger partial charge < -0.3 is 10.2 Å². The molecule has 1 heterocycles. The molecule has 0 saturated carbocycles. The van der Waals surface area contributed by atoms with Gasteiger partial charge >= 0.3 is 0 Å². The van der Waals surface area contributed by atoms with Gasteiger partial charge in [0.1, 0.15) is 5.82 Å². The summed E-state index contributed by atoms with van der Waals surface area (Å²) in [5.41, 5.74) is 0. The zero-order chi connectivity index (χ0) is 10.2. The Morgan fingerprint density at radius 2 is 1.64 bits per heavy atom. The molecule has 0 aromatic carbocycles. The van der Waals surface area contributed by atoms with Crippen molar-refractivity contribution in [1.29, 1.82) is 0 Å². The van der Waals surface area contributed by atoms with E-state index < -0.39 is 0 Å². The summed E-state index contributed by atoms with van der Waals surface area (Å²) in [7, 11) is 0. The van der Waals surface area contributed by atoms with E-state index in [-0.39, 0.29) is 13.2 Å². The van der Waals surface area contributed by atoms with Gasteiger partial charge in [0.15, 0.2) is 0 Å². The Kier molecular flexibility index (Phi) is 5.06. The molecule has 0 saturated heterocycles. The number of rotatable bonds is 6. The molecule has 0 radical (unpaired) electrons. The molecule has 0 aliphatic rings. The first-order valence-corrected chi connectivity index (χ1v) is 4.56. The van der Waals surface area contributed by atoms with Gasteiger partial charge in [-0.3, -0.25) is 4.90 Å². The summed E-state index contributed by atoms with van der Waals surface area (Å²) in [5.74, 6) is 0.703. The predicted octanol–water partition coefficient (Wildman–Crippen LogP) is -0.737. The number of aromatic nitrogens is 2. The number of aliphatic hydroxyl groups is 2. The molecule has 0 spiro atoms. The Hall–Kier alpha value is -1.04. The van der Waals surface area contributed by atoms with E-state index in [9.17, 15) is 0 Å². The van der Waals surface area contributed by atoms with Crippen molar-refractivity contribution < 1.29 is 10.2 Å². The van der Waals surface area contributed by atoms with Gasteiger partial charge in [-0.05, 0) is 6.07 Å². The summed E-state index contributed by atoms with van der Waals surface area (Å²) in [5, 5.41) is 17.6. The summed E-state index contributed by atoms with van der Waals surface area (Å²) in [6.07, 6.45) is 3.36. The average Bonchev–Trinajstić information content (AvgIpc) is 2.20. The molecular formula is C9H15N3O2. The van der Waals surface area contributed by atoms with Gasteiger partial charge in [-0.1, -0.05) is 0 Å². The van der Waals surface area contributed by atoms with E-state index in [4.69, 9.17) is 10.2 Å². The van der Waals surface area contributed by atoms with E-state index in [0.717, 1.165) is 0 Å². The second-order valence-corrected chi connectivity index (χ2v) is 2.89. The molecule has 0 bridgehead atoms. The normalized spacial score (nSPS) is 10.8. The van der Waals surface area contributed by atoms with Crippen molar-refractivity contribution in [1.82, 2.24) is 14.9 Å². The van der Waals surface area contributed by atoms with Gasteiger partial charge in [-0.2, -0.15) is 0 Å². The van der Waals surface area contributed by atoms with E-state index in [1.165, 1.54) is 0 Å². The molecule has 5 nitrogen and oxygen atoms in total. The Labute approximate surface area is 83.0 Å². The lowest BCUT2D eigenvalue weighted by molar-refractivity contribution is 0.153. The number of hydrogen-bond acceptors (Lipinski definition) is 5. The van der Waals surface area contributed by atoms with Gasteiger partial charge in [0.05, 0.1) is 19.8 Å². The molecule has 1 aromatic heterocycles. The van der Waals surface area contributed by atoms with Crippen molar-refractivity contribution in [2.24, 2.45) is 0 Å². The average molecular weight is 197 g/mol. The highest BCUT2D eigenvalue weighted by molar-refractivity contribution is 4.88. The highest BCUT2D eigenvalue weighted by atomic mass is 16.3. The van der Waals surface area contributed by atoms with Crippen LogP contribution in [0.3, 0.4) is 0 Å². The lowest BCUT2D eigenvalue weighted by Gasteiger charge is -2.18. The van der Waals surface area contributed by atoms with E-state index in [1.807, 2.05) is 4.90 Å². The van der Waals surface area contributed by atoms with Crippen LogP contribution in [0.5, 0.6) is 0 Å². The zero-order valence-corrected chi connectivity index (χ0v) is 8.00. The molecule has 1 aromatic rings. The van der Waals surface area contributed by atoms with E-state index >= 15 is 0 Å². The van der Waals surface area contributed by atoms with E-state index in [1.54, 1.807) is 18.5 Å². The van der Waals surface area contributed by atoms with Crippen LogP contribution >= 0.6 is 0 Å². The van der Waals surface area contributed by atoms with Crippen LogP contribution in [-0.4, -0.2) is 51.4 Å². The third-order valence-electron chi connectivity index (χ3n) is 1.82. The summed E-state index contributed by atoms with van der Waals surface area (Å²) < 4.78 is 0. The number of aliphatic hydroxyl groups excluding tert-OH is 2. The minimum Gasteiger partial charge on any atom is -0.395 e. The smallest absolute Gasteiger partial charge is 0.142 e. The molecule has 0 atom stereocenters. The van der Waals surface area contributed by atoms with Crippen LogP contribution in [0.2, 0.25) is 0 Å². The Bertz CT molecular complexity index is 237. The Balaban J connectivity index is 2.46. The second-order valence-electron chi connectivity index (χ2n) is 2.89. The Morgan fingerprint density at radius 1 is 1.07 bits per heavy atom. The summed E-state index contributed by atoms with van der Waals surface area (Å²) in [6, 6.07) is 1.76. The molecule has 5 heteroatoms. The molecule has 0 aliphatic carbocycles. The highest BCUT2D eigenvalue weighted by Crippen LogP contribution is 1.96. The topological polar surface area (TPSA) is 69.5 Å². The summed E-state index contributed by atoms with van der Waals surface area (Å²) in [4.78, 5) is 10.0. The first kappa shape index (κ1) is 11.0. The first-order chi connectivity index (χ1) is 6.86. The van der Waals surface area contributed by atoms with Crippen LogP contribution in [0.1, 0.15) is 5.82 Å². The summed E-state index contributed by atoms with van der Waals surface area (Å²) in [6.45, 7) is 1.76. The van der Waals surface area contributed by atoms with Crippen molar-refractivity contribution in [3.8, 4) is 0 Å². The molecular weight excluding hydrogens is 182 g/mol. The SMILES string of the molecule is OCCN(CCO)Cc1ncccn1. The van der Waals surface area contributed by atoms with Gasteiger partial charge in [-0.25, -0.2) is 9.97 Å². The maximum absolute atomic E-state index is 8.78. The largest absolute Gasteiger partial charge is 0.395 e. The maximum Gasteiger partial charge on any atom is 0.142 e. The predicted molar refractivity (Wildman–Crippen MR) is 51.5 cm³/mol. The molecule has 2 N–H and O–H groups in total. The van der Waals surface area contributed by atoms with E-state index in [2.05, 4.69) is 9.97 Å². The molecule has 0 fully saturated rings. The fourth-order valence-electron chi connectivity index (χ4n) is 1.16. The van der Waals surface area contributed by atoms with Gasteiger partial charge in [-0.15, -0.1) is 0 Å². The highest BCUT2D eigenvalue weighted by Gasteiger charge is 2.05. The van der Waals surface area contributed by atoms with Crippen LogP contribution in [0.15, 0.2) is 18.5 Å². The fourth-order valence-corrected chi connectivity index (χ4v) is 1.16. The number of nitrogens with zero attached hydrogens (tertiary/aromatic N) is 3. The van der Waals surface area contributed by atoms with Crippen LogP contribution in [-0.2, 0) is 6.54 Å². The van der Waals surface area contributed by atoms with Crippen LogP contribution in [0.25, 0.3) is 0 Å². The third-order valence-corrected chi connectivity index (χ3v) is 1.82. The van der Waals surface area contributed by atoms with Gasteiger partial charge in [0.2, 0.25) is 0 Å². The lowest BCUT2D eigenvalue weighted by atomic mass is 10.4.